The van der Waals surface area contributed by atoms with Crippen molar-refractivity contribution in [1.29, 1.82) is 0 Å². The molecule has 20 heavy (non-hydrogen) atoms. The number of hydrogen-bond acceptors (Lipinski definition) is 2. The van der Waals surface area contributed by atoms with E-state index in [-0.39, 0.29) is 12.2 Å². The van der Waals surface area contributed by atoms with Crippen LogP contribution in [-0.2, 0) is 0 Å². The van der Waals surface area contributed by atoms with Crippen LogP contribution in [0, 0.1) is 0 Å². The molecule has 1 aromatic carbocycles. The first-order valence-corrected chi connectivity index (χ1v) is 7.51. The minimum Gasteiger partial charge on any atom is -0.512 e. The van der Waals surface area contributed by atoms with Gasteiger partial charge in [0.05, 0.1) is 11.9 Å². The number of aliphatic hydroxyl groups is 2. The van der Waals surface area contributed by atoms with Crippen molar-refractivity contribution < 1.29 is 10.2 Å². The fraction of sp³-hybridized carbons (Fsp3) is 0.444. The first-order valence-electron chi connectivity index (χ1n) is 7.51. The second kappa shape index (κ2) is 10.3. The van der Waals surface area contributed by atoms with E-state index in [0.29, 0.717) is 0 Å². The van der Waals surface area contributed by atoms with Crippen LogP contribution in [0.3, 0.4) is 0 Å². The smallest absolute Gasteiger partial charge is 0.0957 e. The lowest BCUT2D eigenvalue weighted by atomic mass is 10.1. The van der Waals surface area contributed by atoms with E-state index >= 15 is 0 Å². The molecule has 0 spiro atoms. The Hall–Kier alpha value is -1.54. The highest BCUT2D eigenvalue weighted by Gasteiger charge is 2.02. The van der Waals surface area contributed by atoms with Crippen molar-refractivity contribution in [3.05, 3.63) is 53.8 Å². The number of rotatable bonds is 9. The maximum atomic E-state index is 9.81. The van der Waals surface area contributed by atoms with Gasteiger partial charge in [0, 0.05) is 6.42 Å². The molecule has 1 atom stereocenters. The van der Waals surface area contributed by atoms with E-state index in [1.807, 2.05) is 36.4 Å². The Morgan fingerprint density at radius 1 is 1.15 bits per heavy atom. The lowest BCUT2D eigenvalue weighted by molar-refractivity contribution is 0.203. The zero-order valence-corrected chi connectivity index (χ0v) is 12.3. The molecule has 1 aromatic rings. The zero-order valence-electron chi connectivity index (χ0n) is 12.3. The van der Waals surface area contributed by atoms with Crippen molar-refractivity contribution in [1.82, 2.24) is 0 Å². The Morgan fingerprint density at radius 2 is 1.90 bits per heavy atom. The summed E-state index contributed by atoms with van der Waals surface area (Å²) in [5, 5.41) is 19.6. The van der Waals surface area contributed by atoms with Gasteiger partial charge in [0.2, 0.25) is 0 Å². The Morgan fingerprint density at radius 3 is 2.60 bits per heavy atom. The molecule has 1 rings (SSSR count). The first-order chi connectivity index (χ1) is 9.72. The fourth-order valence-corrected chi connectivity index (χ4v) is 2.03. The van der Waals surface area contributed by atoms with Gasteiger partial charge in [-0.05, 0) is 24.5 Å². The Bertz CT molecular complexity index is 407. The summed E-state index contributed by atoms with van der Waals surface area (Å²) in [6.45, 7) is 2.20. The van der Waals surface area contributed by atoms with Gasteiger partial charge < -0.3 is 10.2 Å². The molecule has 1 unspecified atom stereocenters. The van der Waals surface area contributed by atoms with Crippen LogP contribution in [0.2, 0.25) is 0 Å². The zero-order chi connectivity index (χ0) is 14.6. The lowest BCUT2D eigenvalue weighted by Gasteiger charge is -2.05. The molecule has 2 nitrogen and oxygen atoms in total. The average molecular weight is 274 g/mol. The van der Waals surface area contributed by atoms with Gasteiger partial charge in [0.25, 0.3) is 0 Å². The average Bonchev–Trinajstić information content (AvgIpc) is 2.43. The van der Waals surface area contributed by atoms with Crippen LogP contribution in [0.1, 0.15) is 51.0 Å². The van der Waals surface area contributed by atoms with Crippen LogP contribution in [0.5, 0.6) is 0 Å². The van der Waals surface area contributed by atoms with E-state index < -0.39 is 6.10 Å². The maximum Gasteiger partial charge on any atom is 0.0957 e. The Kier molecular flexibility index (Phi) is 8.48. The number of unbranched alkanes of at least 4 members (excludes halogenated alkanes) is 4. The van der Waals surface area contributed by atoms with Gasteiger partial charge in [0.15, 0.2) is 0 Å². The van der Waals surface area contributed by atoms with Gasteiger partial charge in [-0.25, -0.2) is 0 Å². The predicted molar refractivity (Wildman–Crippen MR) is 85.6 cm³/mol. The number of benzene rings is 1. The van der Waals surface area contributed by atoms with E-state index in [1.165, 1.54) is 25.7 Å². The van der Waals surface area contributed by atoms with Crippen LogP contribution in [0.15, 0.2) is 48.2 Å². The summed E-state index contributed by atoms with van der Waals surface area (Å²) in [4.78, 5) is 0. The molecule has 2 heteroatoms. The largest absolute Gasteiger partial charge is 0.512 e. The summed E-state index contributed by atoms with van der Waals surface area (Å²) < 4.78 is 0. The van der Waals surface area contributed by atoms with Gasteiger partial charge in [0.1, 0.15) is 0 Å². The molecular formula is C18H26O2. The van der Waals surface area contributed by atoms with Crippen LogP contribution in [0.4, 0.5) is 0 Å². The van der Waals surface area contributed by atoms with Crippen molar-refractivity contribution in [2.45, 2.75) is 51.6 Å². The second-order valence-corrected chi connectivity index (χ2v) is 5.10. The molecule has 0 radical (unpaired) electrons. The summed E-state index contributed by atoms with van der Waals surface area (Å²) in [5.74, 6) is 0.208. The van der Waals surface area contributed by atoms with Crippen LogP contribution >= 0.6 is 0 Å². The number of hydrogen-bond donors (Lipinski definition) is 2. The minimum absolute atomic E-state index is 0.208. The van der Waals surface area contributed by atoms with Crippen molar-refractivity contribution in [2.75, 3.05) is 0 Å². The van der Waals surface area contributed by atoms with Gasteiger partial charge >= 0.3 is 0 Å². The summed E-state index contributed by atoms with van der Waals surface area (Å²) in [7, 11) is 0. The van der Waals surface area contributed by atoms with Crippen LogP contribution < -0.4 is 0 Å². The monoisotopic (exact) mass is 274 g/mol. The highest BCUT2D eigenvalue weighted by atomic mass is 16.3. The van der Waals surface area contributed by atoms with Crippen molar-refractivity contribution >= 4 is 6.08 Å². The van der Waals surface area contributed by atoms with E-state index in [1.54, 1.807) is 12.2 Å². The molecule has 0 heterocycles. The van der Waals surface area contributed by atoms with Gasteiger partial charge in [-0.3, -0.25) is 0 Å². The maximum absolute atomic E-state index is 9.81. The number of allylic oxidation sites excluding steroid dienone is 1. The molecule has 0 aliphatic rings. The first kappa shape index (κ1) is 16.5. The summed E-state index contributed by atoms with van der Waals surface area (Å²) >= 11 is 0. The predicted octanol–water partition coefficient (Wildman–Crippen LogP) is 4.86. The molecule has 0 amide bonds. The van der Waals surface area contributed by atoms with Crippen LogP contribution in [0.25, 0.3) is 6.08 Å². The molecule has 0 saturated heterocycles. The molecular weight excluding hydrogens is 248 g/mol. The molecule has 0 aromatic heterocycles. The highest BCUT2D eigenvalue weighted by Crippen LogP contribution is 2.10. The normalized spacial score (nSPS) is 13.8. The summed E-state index contributed by atoms with van der Waals surface area (Å²) in [6, 6.07) is 9.63. The quantitative estimate of drug-likeness (QED) is 0.383. The Labute approximate surface area is 122 Å². The van der Waals surface area contributed by atoms with Crippen LogP contribution in [-0.4, -0.2) is 16.3 Å². The van der Waals surface area contributed by atoms with Gasteiger partial charge in [-0.2, -0.15) is 0 Å². The van der Waals surface area contributed by atoms with Gasteiger partial charge in [-0.1, -0.05) is 68.7 Å². The molecule has 110 valence electrons. The third kappa shape index (κ3) is 7.80. The highest BCUT2D eigenvalue weighted by molar-refractivity contribution is 5.50. The lowest BCUT2D eigenvalue weighted by Crippen LogP contribution is -2.03. The molecule has 0 aliphatic heterocycles. The molecule has 0 aliphatic carbocycles. The fourth-order valence-electron chi connectivity index (χ4n) is 2.03. The van der Waals surface area contributed by atoms with Crippen molar-refractivity contribution in [2.24, 2.45) is 0 Å². The SMILES string of the molecule is CCCCCCC=CC(O)CC(O)=Cc1ccccc1. The van der Waals surface area contributed by atoms with E-state index in [4.69, 9.17) is 0 Å². The van der Waals surface area contributed by atoms with Crippen molar-refractivity contribution in [3.8, 4) is 0 Å². The molecule has 0 saturated carbocycles. The van der Waals surface area contributed by atoms with E-state index in [0.717, 1.165) is 12.0 Å². The number of aliphatic hydroxyl groups excluding tert-OH is 2. The topological polar surface area (TPSA) is 40.5 Å². The Balaban J connectivity index is 2.29. The van der Waals surface area contributed by atoms with Gasteiger partial charge in [-0.15, -0.1) is 0 Å². The summed E-state index contributed by atoms with van der Waals surface area (Å²) in [6.07, 6.45) is 11.1. The van der Waals surface area contributed by atoms with E-state index in [2.05, 4.69) is 6.92 Å². The molecule has 0 bridgehead atoms. The minimum atomic E-state index is -0.610. The third-order valence-electron chi connectivity index (χ3n) is 3.13. The second-order valence-electron chi connectivity index (χ2n) is 5.10. The van der Waals surface area contributed by atoms with E-state index in [9.17, 15) is 10.2 Å². The third-order valence-corrected chi connectivity index (χ3v) is 3.13. The summed E-state index contributed by atoms with van der Waals surface area (Å²) in [5.41, 5.74) is 0.945. The molecule has 2 N–H and O–H groups in total. The standard InChI is InChI=1S/C18H26O2/c1-2-3-4-5-6-10-13-17(19)15-18(20)14-16-11-8-7-9-12-16/h7-14,17,19-20H,2-6,15H2,1H3. The van der Waals surface area contributed by atoms with Crippen molar-refractivity contribution in [3.63, 3.8) is 0 Å². The molecule has 0 fully saturated rings.